The number of carbonyl (C=O) groups excluding carboxylic acids is 2. The van der Waals surface area contributed by atoms with E-state index >= 15 is 0 Å². The molecule has 0 heterocycles. The Morgan fingerprint density at radius 3 is 2.50 bits per heavy atom. The molecule has 0 aliphatic carbocycles. The minimum Gasteiger partial charge on any atom is -0.452 e. The maximum Gasteiger partial charge on any atom is 0.338 e. The maximum atomic E-state index is 12.0. The van der Waals surface area contributed by atoms with Crippen LogP contribution in [-0.4, -0.2) is 35.5 Å². The van der Waals surface area contributed by atoms with Crippen molar-refractivity contribution in [2.24, 2.45) is 0 Å². The van der Waals surface area contributed by atoms with E-state index in [1.54, 1.807) is 30.5 Å². The molecule has 1 atom stereocenters. The second-order valence-electron chi connectivity index (χ2n) is 5.93. The van der Waals surface area contributed by atoms with Crippen LogP contribution in [0.4, 0.5) is 0 Å². The molecule has 0 aliphatic heterocycles. The first-order valence-corrected chi connectivity index (χ1v) is 10.1. The normalized spacial score (nSPS) is 11.6. The zero-order chi connectivity index (χ0) is 18.8. The average Bonchev–Trinajstić information content (AvgIpc) is 2.64. The minimum atomic E-state index is -0.984. The molecule has 6 heteroatoms. The van der Waals surface area contributed by atoms with Gasteiger partial charge in [0.2, 0.25) is 0 Å². The number of ether oxygens (including phenoxy) is 1. The van der Waals surface area contributed by atoms with E-state index < -0.39 is 16.8 Å². The van der Waals surface area contributed by atoms with Crippen molar-refractivity contribution in [2.45, 2.75) is 18.6 Å². The fourth-order valence-electron chi connectivity index (χ4n) is 2.45. The maximum absolute atomic E-state index is 12.0. The molecule has 0 aliphatic rings. The molecule has 0 aromatic heterocycles. The Bertz CT molecular complexity index is 761. The second-order valence-corrected chi connectivity index (χ2v) is 7.37. The van der Waals surface area contributed by atoms with Crippen LogP contribution < -0.4 is 5.32 Å². The predicted molar refractivity (Wildman–Crippen MR) is 102 cm³/mol. The summed E-state index contributed by atoms with van der Waals surface area (Å²) in [6.07, 6.45) is 3.31. The molecule has 26 heavy (non-hydrogen) atoms. The number of hydrogen-bond donors (Lipinski definition) is 1. The third kappa shape index (κ3) is 7.19. The number of benzene rings is 2. The van der Waals surface area contributed by atoms with Gasteiger partial charge >= 0.3 is 5.97 Å². The molecular formula is C20H23NO4S. The molecule has 0 saturated carbocycles. The summed E-state index contributed by atoms with van der Waals surface area (Å²) in [6, 6.07) is 16.8. The lowest BCUT2D eigenvalue weighted by Crippen LogP contribution is -2.29. The topological polar surface area (TPSA) is 72.5 Å². The van der Waals surface area contributed by atoms with Gasteiger partial charge in [0.15, 0.2) is 6.61 Å². The molecule has 1 amide bonds. The summed E-state index contributed by atoms with van der Waals surface area (Å²) >= 11 is 0. The van der Waals surface area contributed by atoms with Crippen molar-refractivity contribution in [1.29, 1.82) is 0 Å². The number of nitrogens with one attached hydrogen (secondary N) is 1. The standard InChI is InChI=1S/C20H23NO4S/c1-26(24)15-17-9-5-11-18(13-17)20(23)25-14-19(22)21-12-6-10-16-7-3-2-4-8-16/h2-5,7-9,11,13H,6,10,12,14-15H2,1H3,(H,21,22). The summed E-state index contributed by atoms with van der Waals surface area (Å²) in [5.41, 5.74) is 2.37. The van der Waals surface area contributed by atoms with Crippen molar-refractivity contribution < 1.29 is 18.5 Å². The Hall–Kier alpha value is -2.47. The molecular weight excluding hydrogens is 350 g/mol. The highest BCUT2D eigenvalue weighted by Crippen LogP contribution is 2.09. The molecule has 138 valence electrons. The Kier molecular flexibility index (Phi) is 8.02. The molecule has 2 rings (SSSR count). The highest BCUT2D eigenvalue weighted by atomic mass is 32.2. The Balaban J connectivity index is 1.69. The quantitative estimate of drug-likeness (QED) is 0.541. The summed E-state index contributed by atoms with van der Waals surface area (Å²) in [5, 5.41) is 2.74. The van der Waals surface area contributed by atoms with Crippen LogP contribution in [0.2, 0.25) is 0 Å². The fourth-order valence-corrected chi connectivity index (χ4v) is 3.10. The lowest BCUT2D eigenvalue weighted by atomic mass is 10.1. The molecule has 0 radical (unpaired) electrons. The Morgan fingerprint density at radius 1 is 1.04 bits per heavy atom. The van der Waals surface area contributed by atoms with Crippen LogP contribution >= 0.6 is 0 Å². The van der Waals surface area contributed by atoms with Crippen molar-refractivity contribution in [2.75, 3.05) is 19.4 Å². The number of amides is 1. The number of hydrogen-bond acceptors (Lipinski definition) is 4. The van der Waals surface area contributed by atoms with Gasteiger partial charge in [0.25, 0.3) is 5.91 Å². The van der Waals surface area contributed by atoms with E-state index in [-0.39, 0.29) is 12.5 Å². The summed E-state index contributed by atoms with van der Waals surface area (Å²) in [6.45, 7) is 0.219. The molecule has 0 fully saturated rings. The summed E-state index contributed by atoms with van der Waals surface area (Å²) in [4.78, 5) is 23.8. The Labute approximate surface area is 156 Å². The lowest BCUT2D eigenvalue weighted by molar-refractivity contribution is -0.124. The minimum absolute atomic E-state index is 0.311. The van der Waals surface area contributed by atoms with Gasteiger partial charge in [0, 0.05) is 29.4 Å². The van der Waals surface area contributed by atoms with Gasteiger partial charge in [-0.15, -0.1) is 0 Å². The predicted octanol–water partition coefficient (Wildman–Crippen LogP) is 2.47. The molecule has 0 spiro atoms. The fraction of sp³-hybridized carbons (Fsp3) is 0.300. The van der Waals surface area contributed by atoms with Gasteiger partial charge in [-0.05, 0) is 36.1 Å². The Morgan fingerprint density at radius 2 is 1.77 bits per heavy atom. The van der Waals surface area contributed by atoms with Gasteiger partial charge < -0.3 is 10.1 Å². The first-order valence-electron chi connectivity index (χ1n) is 8.41. The van der Waals surface area contributed by atoms with Crippen molar-refractivity contribution in [3.05, 3.63) is 71.3 Å². The van der Waals surface area contributed by atoms with E-state index in [1.807, 2.05) is 30.3 Å². The monoisotopic (exact) mass is 373 g/mol. The number of carbonyl (C=O) groups is 2. The third-order valence-corrected chi connectivity index (χ3v) is 4.41. The van der Waals surface area contributed by atoms with Gasteiger partial charge in [0.05, 0.1) is 5.56 Å². The summed E-state index contributed by atoms with van der Waals surface area (Å²) < 4.78 is 16.3. The van der Waals surface area contributed by atoms with Crippen LogP contribution in [0, 0.1) is 0 Å². The van der Waals surface area contributed by atoms with Gasteiger partial charge in [-0.25, -0.2) is 4.79 Å². The van der Waals surface area contributed by atoms with Crippen molar-refractivity contribution >= 4 is 22.7 Å². The van der Waals surface area contributed by atoms with E-state index in [0.717, 1.165) is 18.4 Å². The largest absolute Gasteiger partial charge is 0.452 e. The van der Waals surface area contributed by atoms with Gasteiger partial charge in [-0.2, -0.15) is 0 Å². The van der Waals surface area contributed by atoms with E-state index in [4.69, 9.17) is 4.74 Å². The van der Waals surface area contributed by atoms with Gasteiger partial charge in [0.1, 0.15) is 0 Å². The van der Waals surface area contributed by atoms with Gasteiger partial charge in [-0.1, -0.05) is 42.5 Å². The van der Waals surface area contributed by atoms with Crippen LogP contribution in [0.3, 0.4) is 0 Å². The lowest BCUT2D eigenvalue weighted by Gasteiger charge is -2.07. The van der Waals surface area contributed by atoms with Crippen molar-refractivity contribution in [1.82, 2.24) is 5.32 Å². The zero-order valence-corrected chi connectivity index (χ0v) is 15.6. The zero-order valence-electron chi connectivity index (χ0n) is 14.8. The molecule has 0 saturated heterocycles. The molecule has 5 nitrogen and oxygen atoms in total. The summed E-state index contributed by atoms with van der Waals surface area (Å²) in [7, 11) is -0.984. The van der Waals surface area contributed by atoms with E-state index in [9.17, 15) is 13.8 Å². The second kappa shape index (κ2) is 10.5. The molecule has 0 bridgehead atoms. The van der Waals surface area contributed by atoms with Crippen LogP contribution in [0.5, 0.6) is 0 Å². The number of rotatable bonds is 9. The number of aryl methyl sites for hydroxylation is 1. The third-order valence-electron chi connectivity index (χ3n) is 3.67. The number of esters is 1. The van der Waals surface area contributed by atoms with E-state index in [0.29, 0.717) is 17.9 Å². The molecule has 1 unspecified atom stereocenters. The molecule has 1 N–H and O–H groups in total. The average molecular weight is 373 g/mol. The first kappa shape index (κ1) is 19.8. The first-order chi connectivity index (χ1) is 12.5. The smallest absolute Gasteiger partial charge is 0.338 e. The summed E-state index contributed by atoms with van der Waals surface area (Å²) in [5.74, 6) is -0.506. The van der Waals surface area contributed by atoms with Crippen LogP contribution in [-0.2, 0) is 32.5 Å². The van der Waals surface area contributed by atoms with E-state index in [2.05, 4.69) is 5.32 Å². The highest BCUT2D eigenvalue weighted by molar-refractivity contribution is 7.83. The highest BCUT2D eigenvalue weighted by Gasteiger charge is 2.11. The van der Waals surface area contributed by atoms with Crippen molar-refractivity contribution in [3.63, 3.8) is 0 Å². The van der Waals surface area contributed by atoms with Gasteiger partial charge in [-0.3, -0.25) is 9.00 Å². The van der Waals surface area contributed by atoms with Crippen molar-refractivity contribution in [3.8, 4) is 0 Å². The van der Waals surface area contributed by atoms with E-state index in [1.165, 1.54) is 5.56 Å². The SMILES string of the molecule is CS(=O)Cc1cccc(C(=O)OCC(=O)NCCCc2ccccc2)c1. The van der Waals surface area contributed by atoms with Crippen LogP contribution in [0.1, 0.15) is 27.9 Å². The van der Waals surface area contributed by atoms with Crippen LogP contribution in [0.15, 0.2) is 54.6 Å². The molecule has 2 aromatic rings. The van der Waals surface area contributed by atoms with Crippen LogP contribution in [0.25, 0.3) is 0 Å². The molecule has 2 aromatic carbocycles.